The number of nitrogens with two attached hydrogens (primary N) is 1. The molecule has 0 atom stereocenters. The van der Waals surface area contributed by atoms with Crippen LogP contribution in [0, 0.1) is 11.6 Å². The maximum absolute atomic E-state index is 13.7. The first-order valence-electron chi connectivity index (χ1n) is 20.2. The van der Waals surface area contributed by atoms with Crippen molar-refractivity contribution in [2.24, 2.45) is 5.73 Å². The Balaban J connectivity index is 0.000000241. The average molecular weight is 975 g/mol. The number of carbonyl (C=O) groups is 2. The van der Waals surface area contributed by atoms with E-state index in [-0.39, 0.29) is 77.0 Å². The molecule has 0 aliphatic carbocycles. The van der Waals surface area contributed by atoms with Crippen LogP contribution in [0.3, 0.4) is 0 Å². The number of Topliss-reactive ketones (excluding diaryl/α,β-unsaturated/α-hetero) is 1. The summed E-state index contributed by atoms with van der Waals surface area (Å²) < 4.78 is 114. The molecule has 0 spiro atoms. The minimum atomic E-state index is -3.86. The zero-order valence-corrected chi connectivity index (χ0v) is 38.0. The van der Waals surface area contributed by atoms with Crippen LogP contribution in [0.2, 0.25) is 10.0 Å². The van der Waals surface area contributed by atoms with Crippen LogP contribution in [0.25, 0.3) is 0 Å². The highest BCUT2D eigenvalue weighted by Crippen LogP contribution is 2.29. The summed E-state index contributed by atoms with van der Waals surface area (Å²) >= 11 is 11.8. The number of esters is 1. The second-order valence-electron chi connectivity index (χ2n) is 15.1. The first-order chi connectivity index (χ1) is 30.4. The number of carbonyl (C=O) groups excluding carboxylic acids is 2. The maximum Gasteiger partial charge on any atom is 0.339 e. The van der Waals surface area contributed by atoms with E-state index < -0.39 is 50.0 Å². The summed E-state index contributed by atoms with van der Waals surface area (Å²) in [4.78, 5) is 35.5. The first-order valence-corrected chi connectivity index (χ1v) is 24.2. The summed E-state index contributed by atoms with van der Waals surface area (Å²) in [5, 5.41) is -0.411. The number of sulfonamides is 2. The number of rotatable bonds is 17. The Kier molecular flexibility index (Phi) is 18.3. The summed E-state index contributed by atoms with van der Waals surface area (Å²) in [5.74, 6) is -2.58. The molecule has 0 radical (unpaired) electrons. The molecule has 64 heavy (non-hydrogen) atoms. The second kappa shape index (κ2) is 23.1. The van der Waals surface area contributed by atoms with Gasteiger partial charge in [-0.15, -0.1) is 0 Å². The molecule has 0 unspecified atom stereocenters. The molecule has 2 aliphatic rings. The van der Waals surface area contributed by atoms with Gasteiger partial charge < -0.3 is 20.3 Å². The number of benzene rings is 2. The number of anilines is 2. The molecule has 2 fully saturated rings. The molecule has 2 N–H and O–H groups in total. The summed E-state index contributed by atoms with van der Waals surface area (Å²) in [6, 6.07) is 13.4. The van der Waals surface area contributed by atoms with Gasteiger partial charge in [0, 0.05) is 57.2 Å². The molecule has 2 saturated heterocycles. The lowest BCUT2D eigenvalue weighted by molar-refractivity contribution is 0.0600. The van der Waals surface area contributed by atoms with Gasteiger partial charge in [0.2, 0.25) is 20.0 Å². The number of hydrogen-bond acceptors (Lipinski definition) is 12. The van der Waals surface area contributed by atoms with E-state index in [9.17, 15) is 44.0 Å². The summed E-state index contributed by atoms with van der Waals surface area (Å²) in [7, 11) is -6.47. The molecule has 0 amide bonds. The highest BCUT2D eigenvalue weighted by atomic mass is 35.5. The van der Waals surface area contributed by atoms with E-state index in [1.807, 2.05) is 9.80 Å². The average Bonchev–Trinajstić information content (AvgIpc) is 3.29. The van der Waals surface area contributed by atoms with Crippen molar-refractivity contribution in [3.63, 3.8) is 0 Å². The van der Waals surface area contributed by atoms with Crippen molar-refractivity contribution in [3.05, 3.63) is 117 Å². The third kappa shape index (κ3) is 14.3. The smallest absolute Gasteiger partial charge is 0.339 e. The van der Waals surface area contributed by atoms with Crippen LogP contribution in [-0.4, -0.2) is 125 Å². The number of methoxy groups -OCH3 is 1. The molecule has 6 rings (SSSR count). The third-order valence-corrected chi connectivity index (χ3v) is 14.6. The van der Waals surface area contributed by atoms with Gasteiger partial charge in [0.05, 0.1) is 76.6 Å². The van der Waals surface area contributed by atoms with Crippen molar-refractivity contribution in [3.8, 4) is 0 Å². The Morgan fingerprint density at radius 1 is 0.703 bits per heavy atom. The highest BCUT2D eigenvalue weighted by Gasteiger charge is 2.29. The molecule has 4 aromatic rings. The SMILES string of the molecule is COC(=O)c1ccc(CN(c2ccc(F)c(Cl)c2)S(=O)(=O)CCN2CCC(F)CC2)nc1.NCC(=O)c1ccc(CN(c2ccc(F)c(Cl)c2)S(=O)(=O)CCN2CCC(F)CC2)nc1. The predicted molar refractivity (Wildman–Crippen MR) is 237 cm³/mol. The largest absolute Gasteiger partial charge is 0.465 e. The number of likely N-dealkylation sites (tertiary alicyclic amines) is 2. The number of pyridine rings is 2. The lowest BCUT2D eigenvalue weighted by atomic mass is 10.1. The van der Waals surface area contributed by atoms with Gasteiger partial charge in [0.1, 0.15) is 24.0 Å². The summed E-state index contributed by atoms with van der Waals surface area (Å²) in [6.45, 7) is 2.05. The van der Waals surface area contributed by atoms with E-state index in [1.54, 1.807) is 6.07 Å². The lowest BCUT2D eigenvalue weighted by Crippen LogP contribution is -2.41. The quantitative estimate of drug-likeness (QED) is 0.0720. The van der Waals surface area contributed by atoms with Gasteiger partial charge in [0.15, 0.2) is 5.78 Å². The van der Waals surface area contributed by atoms with Crippen LogP contribution in [0.4, 0.5) is 28.9 Å². The molecular weight excluding hydrogens is 926 g/mol. The lowest BCUT2D eigenvalue weighted by Gasteiger charge is -2.30. The van der Waals surface area contributed by atoms with E-state index in [0.717, 1.165) is 20.7 Å². The number of ketones is 1. The number of nitrogens with zero attached hydrogens (tertiary/aromatic N) is 6. The van der Waals surface area contributed by atoms with Crippen LogP contribution >= 0.6 is 23.2 Å². The van der Waals surface area contributed by atoms with E-state index in [1.165, 1.54) is 62.0 Å². The Morgan fingerprint density at radius 2 is 1.11 bits per heavy atom. The fourth-order valence-corrected chi connectivity index (χ4v) is 10.1. The molecular formula is C42H49Cl2F4N7O7S2. The van der Waals surface area contributed by atoms with Crippen molar-refractivity contribution in [2.75, 3.05) is 73.0 Å². The molecule has 348 valence electrons. The maximum atomic E-state index is 13.7. The molecule has 4 heterocycles. The normalized spacial score (nSPS) is 15.6. The van der Waals surface area contributed by atoms with E-state index in [4.69, 9.17) is 28.9 Å². The Labute approximate surface area is 380 Å². The van der Waals surface area contributed by atoms with Crippen molar-refractivity contribution < 1.29 is 48.7 Å². The third-order valence-electron chi connectivity index (χ3n) is 10.6. The van der Waals surface area contributed by atoms with Crippen LogP contribution in [0.1, 0.15) is 57.8 Å². The van der Waals surface area contributed by atoms with Crippen molar-refractivity contribution in [2.45, 2.75) is 51.1 Å². The van der Waals surface area contributed by atoms with Crippen molar-refractivity contribution >= 4 is 66.4 Å². The molecule has 22 heteroatoms. The van der Waals surface area contributed by atoms with E-state index >= 15 is 0 Å². The number of halogens is 6. The van der Waals surface area contributed by atoms with Gasteiger partial charge in [-0.2, -0.15) is 0 Å². The fraction of sp³-hybridized carbons (Fsp3) is 0.429. The number of piperidine rings is 2. The van der Waals surface area contributed by atoms with E-state index in [0.29, 0.717) is 68.8 Å². The summed E-state index contributed by atoms with van der Waals surface area (Å²) in [5.41, 5.74) is 7.06. The van der Waals surface area contributed by atoms with Gasteiger partial charge in [-0.3, -0.25) is 23.4 Å². The number of alkyl halides is 2. The fourth-order valence-electron chi connectivity index (χ4n) is 6.79. The minimum Gasteiger partial charge on any atom is -0.465 e. The van der Waals surface area contributed by atoms with E-state index in [2.05, 4.69) is 14.7 Å². The van der Waals surface area contributed by atoms with Crippen LogP contribution in [0.5, 0.6) is 0 Å². The number of aromatic nitrogens is 2. The molecule has 0 bridgehead atoms. The Morgan fingerprint density at radius 3 is 1.45 bits per heavy atom. The molecule has 14 nitrogen and oxygen atoms in total. The highest BCUT2D eigenvalue weighted by molar-refractivity contribution is 7.93. The second-order valence-corrected chi connectivity index (χ2v) is 19.9. The van der Waals surface area contributed by atoms with Crippen molar-refractivity contribution in [1.29, 1.82) is 0 Å². The monoisotopic (exact) mass is 973 g/mol. The standard InChI is InChI=1S/C21H25ClF2N4O3S.C21H24ClF2N3O4S/c22-19-11-18(3-4-20(19)24)28(14-17-2-1-15(13-26-17)21(29)12-25)32(30,31)10-9-27-7-5-16(23)6-8-27;1-31-21(28)15-2-3-17(25-13-15)14-27(18-4-5-20(24)19(22)12-18)32(29,30)11-10-26-8-6-16(23)7-9-26/h1-4,11,13,16H,5-10,12,14,25H2;2-5,12-13,16H,6-11,14H2,1H3. The van der Waals surface area contributed by atoms with Gasteiger partial charge >= 0.3 is 5.97 Å². The van der Waals surface area contributed by atoms with Gasteiger partial charge in [-0.25, -0.2) is 39.2 Å². The molecule has 2 aliphatic heterocycles. The first kappa shape index (κ1) is 50.6. The zero-order valence-electron chi connectivity index (χ0n) is 34.9. The molecule has 2 aromatic heterocycles. The van der Waals surface area contributed by atoms with Crippen LogP contribution in [0.15, 0.2) is 73.1 Å². The van der Waals surface area contributed by atoms with Crippen LogP contribution < -0.4 is 14.3 Å². The zero-order chi connectivity index (χ0) is 46.6. The summed E-state index contributed by atoms with van der Waals surface area (Å²) in [6.07, 6.45) is 2.48. The minimum absolute atomic E-state index is 0.131. The van der Waals surface area contributed by atoms with Gasteiger partial charge in [-0.05, 0) is 86.3 Å². The number of hydrogen-bond donors (Lipinski definition) is 1. The number of ether oxygens (including phenoxy) is 1. The van der Waals surface area contributed by atoms with Gasteiger partial charge in [-0.1, -0.05) is 23.2 Å². The predicted octanol–water partition coefficient (Wildman–Crippen LogP) is 6.22. The van der Waals surface area contributed by atoms with Crippen molar-refractivity contribution in [1.82, 2.24) is 19.8 Å². The molecule has 0 saturated carbocycles. The molecule has 2 aromatic carbocycles. The Bertz CT molecular complexity index is 2260. The topological polar surface area (TPSA) is 176 Å². The van der Waals surface area contributed by atoms with Gasteiger partial charge in [0.25, 0.3) is 0 Å². The Hall–Kier alpha value is -4.44. The van der Waals surface area contributed by atoms with Crippen LogP contribution in [-0.2, 0) is 37.9 Å².